The number of nitrogens with zero attached hydrogens (tertiary/aromatic N) is 2. The first kappa shape index (κ1) is 24.2. The van der Waals surface area contributed by atoms with Crippen molar-refractivity contribution in [2.24, 2.45) is 4.99 Å². The lowest BCUT2D eigenvalue weighted by molar-refractivity contribution is 0.0939. The van der Waals surface area contributed by atoms with Gasteiger partial charge in [0.1, 0.15) is 0 Å². The van der Waals surface area contributed by atoms with Crippen LogP contribution in [0.1, 0.15) is 54.1 Å². The number of hydrogen-bond donors (Lipinski definition) is 2. The molecule has 0 aliphatic carbocycles. The molecule has 2 unspecified atom stereocenters. The Bertz CT molecular complexity index is 823. The lowest BCUT2D eigenvalue weighted by Gasteiger charge is -2.22. The predicted molar refractivity (Wildman–Crippen MR) is 135 cm³/mol. The van der Waals surface area contributed by atoms with Gasteiger partial charge in [0, 0.05) is 44.2 Å². The van der Waals surface area contributed by atoms with E-state index in [9.17, 15) is 4.79 Å². The second-order valence-corrected chi connectivity index (χ2v) is 7.72. The maximum Gasteiger partial charge on any atom is 0.251 e. The van der Waals surface area contributed by atoms with Crippen LogP contribution in [0.2, 0.25) is 0 Å². The molecule has 0 saturated carbocycles. The van der Waals surface area contributed by atoms with Crippen LogP contribution in [0.4, 0.5) is 0 Å². The molecule has 30 heavy (non-hydrogen) atoms. The lowest BCUT2D eigenvalue weighted by Crippen LogP contribution is -2.39. The van der Waals surface area contributed by atoms with Crippen LogP contribution >= 0.6 is 24.0 Å². The highest BCUT2D eigenvalue weighted by molar-refractivity contribution is 14.0. The summed E-state index contributed by atoms with van der Waals surface area (Å²) in [5.41, 5.74) is 3.23. The van der Waals surface area contributed by atoms with Crippen molar-refractivity contribution in [3.05, 3.63) is 71.3 Å². The highest BCUT2D eigenvalue weighted by Gasteiger charge is 2.25. The van der Waals surface area contributed by atoms with E-state index in [0.29, 0.717) is 18.0 Å². The maximum atomic E-state index is 12.2. The number of carbonyl (C=O) groups is 1. The summed E-state index contributed by atoms with van der Waals surface area (Å²) in [4.78, 5) is 19.0. The smallest absolute Gasteiger partial charge is 0.251 e. The Morgan fingerprint density at radius 1 is 1.17 bits per heavy atom. The molecule has 2 aromatic rings. The summed E-state index contributed by atoms with van der Waals surface area (Å²) in [6.07, 6.45) is 2.07. The van der Waals surface area contributed by atoms with E-state index in [2.05, 4.69) is 57.8 Å². The van der Waals surface area contributed by atoms with E-state index in [4.69, 9.17) is 0 Å². The lowest BCUT2D eigenvalue weighted by atomic mass is 9.99. The van der Waals surface area contributed by atoms with Crippen molar-refractivity contribution in [1.82, 2.24) is 15.5 Å². The van der Waals surface area contributed by atoms with Gasteiger partial charge in [-0.15, -0.1) is 24.0 Å². The molecule has 2 N–H and O–H groups in total. The van der Waals surface area contributed by atoms with Crippen LogP contribution in [-0.4, -0.2) is 42.9 Å². The number of aliphatic imine (C=N–C) groups is 1. The molecule has 6 heteroatoms. The molecule has 0 bridgehead atoms. The summed E-state index contributed by atoms with van der Waals surface area (Å²) in [5, 5.41) is 6.46. The SMILES string of the molecule is CCC(C)NC(=O)c1ccc(CNC(=NC)N2CCC(c3ccccc3)C2)cc1.I. The second-order valence-electron chi connectivity index (χ2n) is 7.72. The molecule has 0 aromatic heterocycles. The first-order chi connectivity index (χ1) is 14.1. The van der Waals surface area contributed by atoms with Crippen LogP contribution in [0, 0.1) is 0 Å². The average Bonchev–Trinajstić information content (AvgIpc) is 3.25. The quantitative estimate of drug-likeness (QED) is 0.338. The zero-order valence-electron chi connectivity index (χ0n) is 18.1. The van der Waals surface area contributed by atoms with Gasteiger partial charge in [-0.3, -0.25) is 9.79 Å². The topological polar surface area (TPSA) is 56.7 Å². The van der Waals surface area contributed by atoms with Crippen LogP contribution in [0.3, 0.4) is 0 Å². The number of nitrogens with one attached hydrogen (secondary N) is 2. The number of guanidine groups is 1. The zero-order chi connectivity index (χ0) is 20.6. The van der Waals surface area contributed by atoms with Gasteiger partial charge in [-0.05, 0) is 43.0 Å². The fourth-order valence-corrected chi connectivity index (χ4v) is 3.65. The second kappa shape index (κ2) is 11.9. The highest BCUT2D eigenvalue weighted by atomic mass is 127. The molecule has 1 aliphatic rings. The van der Waals surface area contributed by atoms with Crippen LogP contribution in [0.25, 0.3) is 0 Å². The minimum absolute atomic E-state index is 0. The van der Waals surface area contributed by atoms with E-state index in [0.717, 1.165) is 37.5 Å². The van der Waals surface area contributed by atoms with E-state index in [1.54, 1.807) is 0 Å². The summed E-state index contributed by atoms with van der Waals surface area (Å²) in [7, 11) is 1.83. The fourth-order valence-electron chi connectivity index (χ4n) is 3.65. The standard InChI is InChI=1S/C24H32N4O.HI/c1-4-18(2)27-23(29)21-12-10-19(11-13-21)16-26-24(25-3)28-15-14-22(17-28)20-8-6-5-7-9-20;/h5-13,18,22H,4,14-17H2,1-3H3,(H,25,26)(H,27,29);1H. The number of amides is 1. The summed E-state index contributed by atoms with van der Waals surface area (Å²) < 4.78 is 0. The van der Waals surface area contributed by atoms with Crippen molar-refractivity contribution in [3.63, 3.8) is 0 Å². The summed E-state index contributed by atoms with van der Waals surface area (Å²) in [5.74, 6) is 1.47. The summed E-state index contributed by atoms with van der Waals surface area (Å²) >= 11 is 0. The number of hydrogen-bond acceptors (Lipinski definition) is 2. The number of carbonyl (C=O) groups excluding carboxylic acids is 1. The largest absolute Gasteiger partial charge is 0.352 e. The first-order valence-electron chi connectivity index (χ1n) is 10.5. The molecule has 162 valence electrons. The monoisotopic (exact) mass is 520 g/mol. The van der Waals surface area contributed by atoms with Crippen molar-refractivity contribution in [2.75, 3.05) is 20.1 Å². The molecule has 3 rings (SSSR count). The van der Waals surface area contributed by atoms with Gasteiger partial charge in [0.2, 0.25) is 0 Å². The van der Waals surface area contributed by atoms with Gasteiger partial charge in [-0.1, -0.05) is 49.4 Å². The number of rotatable bonds is 6. The third-order valence-corrected chi connectivity index (χ3v) is 5.63. The third kappa shape index (κ3) is 6.45. The average molecular weight is 520 g/mol. The van der Waals surface area contributed by atoms with Gasteiger partial charge in [0.05, 0.1) is 0 Å². The van der Waals surface area contributed by atoms with Gasteiger partial charge in [-0.25, -0.2) is 0 Å². The highest BCUT2D eigenvalue weighted by Crippen LogP contribution is 2.26. The van der Waals surface area contributed by atoms with E-state index in [1.807, 2.05) is 38.2 Å². The van der Waals surface area contributed by atoms with Crippen molar-refractivity contribution in [3.8, 4) is 0 Å². The van der Waals surface area contributed by atoms with Crippen LogP contribution in [0.5, 0.6) is 0 Å². The van der Waals surface area contributed by atoms with E-state index < -0.39 is 0 Å². The number of halogens is 1. The molecule has 1 amide bonds. The molecular formula is C24H33IN4O. The Labute approximate surface area is 197 Å². The van der Waals surface area contributed by atoms with Crippen molar-refractivity contribution < 1.29 is 4.79 Å². The minimum Gasteiger partial charge on any atom is -0.352 e. The molecule has 2 atom stereocenters. The number of likely N-dealkylation sites (tertiary alicyclic amines) is 1. The van der Waals surface area contributed by atoms with Gasteiger partial charge >= 0.3 is 0 Å². The molecule has 0 spiro atoms. The van der Waals surface area contributed by atoms with E-state index in [1.165, 1.54) is 5.56 Å². The van der Waals surface area contributed by atoms with Crippen molar-refractivity contribution in [1.29, 1.82) is 0 Å². The third-order valence-electron chi connectivity index (χ3n) is 5.63. The predicted octanol–water partition coefficient (Wildman–Crippen LogP) is 4.40. The maximum absolute atomic E-state index is 12.2. The molecule has 1 saturated heterocycles. The Morgan fingerprint density at radius 3 is 2.50 bits per heavy atom. The van der Waals surface area contributed by atoms with Crippen molar-refractivity contribution in [2.45, 2.75) is 45.2 Å². The zero-order valence-corrected chi connectivity index (χ0v) is 20.4. The molecule has 5 nitrogen and oxygen atoms in total. The van der Waals surface area contributed by atoms with Gasteiger partial charge in [0.25, 0.3) is 5.91 Å². The van der Waals surface area contributed by atoms with Gasteiger partial charge < -0.3 is 15.5 Å². The van der Waals surface area contributed by atoms with Crippen molar-refractivity contribution >= 4 is 35.8 Å². The molecule has 1 aliphatic heterocycles. The minimum atomic E-state index is -0.0151. The van der Waals surface area contributed by atoms with Gasteiger partial charge in [0.15, 0.2) is 5.96 Å². The Morgan fingerprint density at radius 2 is 1.87 bits per heavy atom. The molecule has 1 fully saturated rings. The molecule has 2 aromatic carbocycles. The Kier molecular flexibility index (Phi) is 9.62. The van der Waals surface area contributed by atoms with E-state index >= 15 is 0 Å². The Hall–Kier alpha value is -2.09. The molecule has 1 heterocycles. The summed E-state index contributed by atoms with van der Waals surface area (Å²) in [6.45, 7) is 6.76. The molecule has 0 radical (unpaired) electrons. The van der Waals surface area contributed by atoms with Crippen LogP contribution in [-0.2, 0) is 6.54 Å². The van der Waals surface area contributed by atoms with Crippen LogP contribution in [0.15, 0.2) is 59.6 Å². The number of benzene rings is 2. The fraction of sp³-hybridized carbons (Fsp3) is 0.417. The molecular weight excluding hydrogens is 487 g/mol. The van der Waals surface area contributed by atoms with Crippen LogP contribution < -0.4 is 10.6 Å². The first-order valence-corrected chi connectivity index (χ1v) is 10.5. The van der Waals surface area contributed by atoms with Gasteiger partial charge in [-0.2, -0.15) is 0 Å². The normalized spacial score (nSPS) is 17.2. The Balaban J connectivity index is 0.00000320. The summed E-state index contributed by atoms with van der Waals surface area (Å²) in [6, 6.07) is 18.7. The van der Waals surface area contributed by atoms with E-state index in [-0.39, 0.29) is 35.9 Å².